The van der Waals surface area contributed by atoms with Crippen molar-refractivity contribution in [2.24, 2.45) is 0 Å². The average molecular weight is 303 g/mol. The highest BCUT2D eigenvalue weighted by Gasteiger charge is 2.31. The quantitative estimate of drug-likeness (QED) is 0.943. The molecule has 4 nitrogen and oxygen atoms in total. The first kappa shape index (κ1) is 13.3. The number of rotatable bonds is 3. The molecular weight excluding hydrogens is 284 g/mol. The van der Waals surface area contributed by atoms with Crippen molar-refractivity contribution in [3.63, 3.8) is 0 Å². The SMILES string of the molecule is Clc1ccc2nccc(NCC3CN4CCN3CC4)c2c1. The normalized spacial score (nSPS) is 28.0. The summed E-state index contributed by atoms with van der Waals surface area (Å²) in [7, 11) is 0. The van der Waals surface area contributed by atoms with Gasteiger partial charge in [0.25, 0.3) is 0 Å². The second kappa shape index (κ2) is 5.44. The number of piperazine rings is 3. The topological polar surface area (TPSA) is 31.4 Å². The Bertz CT molecular complexity index is 652. The molecule has 0 amide bonds. The molecule has 0 radical (unpaired) electrons. The Kier molecular flexibility index (Phi) is 3.45. The molecule has 5 rings (SSSR count). The summed E-state index contributed by atoms with van der Waals surface area (Å²) in [5.74, 6) is 0. The summed E-state index contributed by atoms with van der Waals surface area (Å²) < 4.78 is 0. The van der Waals surface area contributed by atoms with E-state index in [9.17, 15) is 0 Å². The van der Waals surface area contributed by atoms with Gasteiger partial charge in [0.2, 0.25) is 0 Å². The van der Waals surface area contributed by atoms with Crippen molar-refractivity contribution in [3.05, 3.63) is 35.5 Å². The van der Waals surface area contributed by atoms with Gasteiger partial charge >= 0.3 is 0 Å². The maximum absolute atomic E-state index is 6.12. The molecule has 4 heterocycles. The van der Waals surface area contributed by atoms with Gasteiger partial charge in [-0.25, -0.2) is 0 Å². The minimum absolute atomic E-state index is 0.606. The third-order valence-corrected chi connectivity index (χ3v) is 4.86. The molecule has 1 N–H and O–H groups in total. The molecule has 1 atom stereocenters. The summed E-state index contributed by atoms with van der Waals surface area (Å²) in [4.78, 5) is 9.56. The van der Waals surface area contributed by atoms with E-state index in [1.165, 1.54) is 32.7 Å². The van der Waals surface area contributed by atoms with Gasteiger partial charge in [0.15, 0.2) is 0 Å². The van der Waals surface area contributed by atoms with Crippen molar-refractivity contribution in [2.45, 2.75) is 6.04 Å². The Morgan fingerprint density at radius 2 is 2.05 bits per heavy atom. The van der Waals surface area contributed by atoms with Crippen molar-refractivity contribution < 1.29 is 0 Å². The fraction of sp³-hybridized carbons (Fsp3) is 0.438. The van der Waals surface area contributed by atoms with Crippen LogP contribution in [0.5, 0.6) is 0 Å². The lowest BCUT2D eigenvalue weighted by molar-refractivity contribution is 0.0189. The molecular formula is C16H19ClN4. The zero-order valence-electron chi connectivity index (χ0n) is 11.9. The number of nitrogens with zero attached hydrogens (tertiary/aromatic N) is 3. The Hall–Kier alpha value is -1.36. The minimum atomic E-state index is 0.606. The third-order valence-electron chi connectivity index (χ3n) is 4.62. The fourth-order valence-corrected chi connectivity index (χ4v) is 3.59. The van der Waals surface area contributed by atoms with E-state index in [4.69, 9.17) is 11.6 Å². The van der Waals surface area contributed by atoms with Gasteiger partial charge in [-0.15, -0.1) is 0 Å². The first-order chi connectivity index (χ1) is 10.3. The molecule has 1 aromatic carbocycles. The molecule has 5 heteroatoms. The largest absolute Gasteiger partial charge is 0.383 e. The van der Waals surface area contributed by atoms with E-state index in [1.807, 2.05) is 30.5 Å². The third kappa shape index (κ3) is 2.59. The fourth-order valence-electron chi connectivity index (χ4n) is 3.42. The van der Waals surface area contributed by atoms with Gasteiger partial charge < -0.3 is 5.32 Å². The van der Waals surface area contributed by atoms with Crippen molar-refractivity contribution in [1.29, 1.82) is 0 Å². The van der Waals surface area contributed by atoms with Crippen LogP contribution in [0.4, 0.5) is 5.69 Å². The number of pyridine rings is 1. The van der Waals surface area contributed by atoms with E-state index in [0.717, 1.165) is 28.2 Å². The number of nitrogens with one attached hydrogen (secondary N) is 1. The molecule has 2 bridgehead atoms. The Morgan fingerprint density at radius 3 is 2.81 bits per heavy atom. The molecule has 3 aliphatic rings. The van der Waals surface area contributed by atoms with E-state index < -0.39 is 0 Å². The van der Waals surface area contributed by atoms with Crippen molar-refractivity contribution in [3.8, 4) is 0 Å². The summed E-state index contributed by atoms with van der Waals surface area (Å²) in [5.41, 5.74) is 2.11. The molecule has 1 aromatic heterocycles. The van der Waals surface area contributed by atoms with E-state index in [0.29, 0.717) is 6.04 Å². The molecule has 3 fully saturated rings. The minimum Gasteiger partial charge on any atom is -0.383 e. The van der Waals surface area contributed by atoms with Gasteiger partial charge in [0.1, 0.15) is 0 Å². The highest BCUT2D eigenvalue weighted by molar-refractivity contribution is 6.31. The first-order valence-corrected chi connectivity index (χ1v) is 7.92. The molecule has 3 saturated heterocycles. The van der Waals surface area contributed by atoms with Crippen LogP contribution in [0.2, 0.25) is 5.02 Å². The summed E-state index contributed by atoms with van der Waals surface area (Å²) in [5, 5.41) is 5.46. The van der Waals surface area contributed by atoms with Crippen LogP contribution in [0.3, 0.4) is 0 Å². The second-order valence-corrected chi connectivity index (χ2v) is 6.33. The van der Waals surface area contributed by atoms with Crippen LogP contribution in [0.1, 0.15) is 0 Å². The van der Waals surface area contributed by atoms with Crippen molar-refractivity contribution in [1.82, 2.24) is 14.8 Å². The van der Waals surface area contributed by atoms with Gasteiger partial charge in [0.05, 0.1) is 5.52 Å². The van der Waals surface area contributed by atoms with Crippen LogP contribution in [-0.2, 0) is 0 Å². The number of benzene rings is 1. The van der Waals surface area contributed by atoms with E-state index in [1.54, 1.807) is 0 Å². The molecule has 0 saturated carbocycles. The lowest BCUT2D eigenvalue weighted by atomic mass is 10.1. The number of hydrogen-bond acceptors (Lipinski definition) is 4. The first-order valence-electron chi connectivity index (χ1n) is 7.54. The summed E-state index contributed by atoms with van der Waals surface area (Å²) >= 11 is 6.12. The molecule has 2 aromatic rings. The molecule has 110 valence electrons. The Labute approximate surface area is 129 Å². The maximum Gasteiger partial charge on any atom is 0.0723 e. The van der Waals surface area contributed by atoms with Crippen LogP contribution in [0, 0.1) is 0 Å². The lowest BCUT2D eigenvalue weighted by Crippen LogP contribution is -2.62. The van der Waals surface area contributed by atoms with Crippen LogP contribution in [-0.4, -0.2) is 60.1 Å². The molecule has 0 aliphatic carbocycles. The van der Waals surface area contributed by atoms with Gasteiger partial charge in [-0.3, -0.25) is 14.8 Å². The van der Waals surface area contributed by atoms with E-state index in [2.05, 4.69) is 20.1 Å². The second-order valence-electron chi connectivity index (χ2n) is 5.89. The number of halogens is 1. The van der Waals surface area contributed by atoms with Crippen LogP contribution >= 0.6 is 11.6 Å². The highest BCUT2D eigenvalue weighted by Crippen LogP contribution is 2.25. The summed E-state index contributed by atoms with van der Waals surface area (Å²) in [6, 6.07) is 8.49. The van der Waals surface area contributed by atoms with Gasteiger partial charge in [-0.2, -0.15) is 0 Å². The monoisotopic (exact) mass is 302 g/mol. The van der Waals surface area contributed by atoms with E-state index in [-0.39, 0.29) is 0 Å². The zero-order valence-corrected chi connectivity index (χ0v) is 12.7. The number of anilines is 1. The number of fused-ring (bicyclic) bond motifs is 4. The average Bonchev–Trinajstić information content (AvgIpc) is 2.54. The summed E-state index contributed by atoms with van der Waals surface area (Å²) in [6.45, 7) is 7.01. The van der Waals surface area contributed by atoms with E-state index >= 15 is 0 Å². The van der Waals surface area contributed by atoms with Crippen LogP contribution in [0.25, 0.3) is 10.9 Å². The Morgan fingerprint density at radius 1 is 1.19 bits per heavy atom. The van der Waals surface area contributed by atoms with Crippen molar-refractivity contribution >= 4 is 28.2 Å². The predicted octanol–water partition coefficient (Wildman–Crippen LogP) is 2.30. The Balaban J connectivity index is 1.53. The van der Waals surface area contributed by atoms with Crippen LogP contribution in [0.15, 0.2) is 30.5 Å². The highest BCUT2D eigenvalue weighted by atomic mass is 35.5. The van der Waals surface area contributed by atoms with Gasteiger partial charge in [-0.05, 0) is 24.3 Å². The summed E-state index contributed by atoms with van der Waals surface area (Å²) in [6.07, 6.45) is 1.86. The molecule has 3 aliphatic heterocycles. The van der Waals surface area contributed by atoms with Crippen molar-refractivity contribution in [2.75, 3.05) is 44.6 Å². The number of aromatic nitrogens is 1. The lowest BCUT2D eigenvalue weighted by Gasteiger charge is -2.47. The molecule has 0 spiro atoms. The zero-order chi connectivity index (χ0) is 14.2. The predicted molar refractivity (Wildman–Crippen MR) is 87.0 cm³/mol. The van der Waals surface area contributed by atoms with Crippen LogP contribution < -0.4 is 5.32 Å². The van der Waals surface area contributed by atoms with Gasteiger partial charge in [0, 0.05) is 67.6 Å². The molecule has 1 unspecified atom stereocenters. The van der Waals surface area contributed by atoms with Gasteiger partial charge in [-0.1, -0.05) is 11.6 Å². The molecule has 21 heavy (non-hydrogen) atoms. The standard InChI is InChI=1S/C16H19ClN4/c17-12-1-2-15-14(9-12)16(3-4-18-15)19-10-13-11-20-5-7-21(13)8-6-20/h1-4,9,13H,5-8,10-11H2,(H,18,19). The smallest absolute Gasteiger partial charge is 0.0723 e. The maximum atomic E-state index is 6.12. The number of hydrogen-bond donors (Lipinski definition) is 1.